The molecule has 1 unspecified atom stereocenters. The van der Waals surface area contributed by atoms with Crippen LogP contribution in [0.25, 0.3) is 0 Å². The van der Waals surface area contributed by atoms with Gasteiger partial charge in [-0.05, 0) is 50.8 Å². The van der Waals surface area contributed by atoms with Gasteiger partial charge in [0.2, 0.25) is 5.91 Å². The van der Waals surface area contributed by atoms with Crippen molar-refractivity contribution in [3.63, 3.8) is 0 Å². The fraction of sp³-hybridized carbons (Fsp3) is 0.600. The lowest BCUT2D eigenvalue weighted by molar-refractivity contribution is -0.146. The quantitative estimate of drug-likeness (QED) is 0.781. The summed E-state index contributed by atoms with van der Waals surface area (Å²) in [5.74, 6) is 0.682. The topological polar surface area (TPSA) is 59.1 Å². The molecule has 1 spiro atoms. The van der Waals surface area contributed by atoms with Crippen LogP contribution in [0.3, 0.4) is 0 Å². The number of likely N-dealkylation sites (tertiary alicyclic amines) is 2. The first-order valence-electron chi connectivity index (χ1n) is 9.45. The van der Waals surface area contributed by atoms with Gasteiger partial charge in [0.1, 0.15) is 11.3 Å². The zero-order valence-corrected chi connectivity index (χ0v) is 15.7. The van der Waals surface area contributed by atoms with Crippen molar-refractivity contribution in [2.75, 3.05) is 40.0 Å². The highest BCUT2D eigenvalue weighted by Gasteiger charge is 2.52. The number of amides is 2. The van der Waals surface area contributed by atoms with E-state index in [9.17, 15) is 9.59 Å². The summed E-state index contributed by atoms with van der Waals surface area (Å²) in [5, 5.41) is 0. The van der Waals surface area contributed by atoms with Gasteiger partial charge < -0.3 is 19.3 Å². The molecular formula is C20H28N2O4. The van der Waals surface area contributed by atoms with Gasteiger partial charge in [-0.15, -0.1) is 0 Å². The van der Waals surface area contributed by atoms with Crippen molar-refractivity contribution in [3.05, 3.63) is 29.8 Å². The standard InChI is InChI=1S/C20H28N2O4/c1-3-26-17-8-4-7-16(15-17)18(23)22-12-6-10-20(22)9-5-11-21(19(20)24)13-14-25-2/h4,7-8,15H,3,5-6,9-14H2,1-2H3. The first-order chi connectivity index (χ1) is 12.6. The van der Waals surface area contributed by atoms with E-state index in [2.05, 4.69) is 0 Å². The van der Waals surface area contributed by atoms with E-state index in [1.807, 2.05) is 24.0 Å². The minimum Gasteiger partial charge on any atom is -0.494 e. The van der Waals surface area contributed by atoms with E-state index in [0.29, 0.717) is 37.6 Å². The van der Waals surface area contributed by atoms with Gasteiger partial charge in [-0.3, -0.25) is 9.59 Å². The molecule has 2 amide bonds. The van der Waals surface area contributed by atoms with Crippen LogP contribution in [0.4, 0.5) is 0 Å². The molecule has 3 rings (SSSR count). The molecule has 26 heavy (non-hydrogen) atoms. The first kappa shape index (κ1) is 18.7. The summed E-state index contributed by atoms with van der Waals surface area (Å²) in [6.07, 6.45) is 3.26. The molecule has 0 radical (unpaired) electrons. The molecule has 2 heterocycles. The molecule has 1 aromatic rings. The number of hydrogen-bond acceptors (Lipinski definition) is 4. The van der Waals surface area contributed by atoms with Crippen LogP contribution < -0.4 is 4.74 Å². The van der Waals surface area contributed by atoms with E-state index in [4.69, 9.17) is 9.47 Å². The second kappa shape index (κ2) is 8.08. The average Bonchev–Trinajstić information content (AvgIpc) is 3.07. The van der Waals surface area contributed by atoms with Crippen molar-refractivity contribution < 1.29 is 19.1 Å². The van der Waals surface area contributed by atoms with E-state index < -0.39 is 5.54 Å². The summed E-state index contributed by atoms with van der Waals surface area (Å²) >= 11 is 0. The van der Waals surface area contributed by atoms with Crippen LogP contribution in [0.5, 0.6) is 5.75 Å². The van der Waals surface area contributed by atoms with Crippen LogP contribution in [0.15, 0.2) is 24.3 Å². The lowest BCUT2D eigenvalue weighted by Crippen LogP contribution is -2.61. The fourth-order valence-electron chi connectivity index (χ4n) is 4.18. The molecule has 1 atom stereocenters. The first-order valence-corrected chi connectivity index (χ1v) is 9.45. The maximum Gasteiger partial charge on any atom is 0.254 e. The van der Waals surface area contributed by atoms with Crippen LogP contribution in [-0.4, -0.2) is 67.1 Å². The molecule has 6 nitrogen and oxygen atoms in total. The molecule has 0 N–H and O–H groups in total. The third-order valence-electron chi connectivity index (χ3n) is 5.39. The highest BCUT2D eigenvalue weighted by atomic mass is 16.5. The molecule has 1 aromatic carbocycles. The predicted octanol–water partition coefficient (Wildman–Crippen LogP) is 2.33. The van der Waals surface area contributed by atoms with Gasteiger partial charge >= 0.3 is 0 Å². The number of benzene rings is 1. The SMILES string of the molecule is CCOc1cccc(C(=O)N2CCCC23CCCN(CCOC)C3=O)c1. The summed E-state index contributed by atoms with van der Waals surface area (Å²) in [7, 11) is 1.64. The van der Waals surface area contributed by atoms with Crippen LogP contribution in [0, 0.1) is 0 Å². The Morgan fingerprint density at radius 2 is 2.00 bits per heavy atom. The minimum atomic E-state index is -0.690. The Morgan fingerprint density at radius 3 is 2.73 bits per heavy atom. The summed E-state index contributed by atoms with van der Waals surface area (Å²) in [6, 6.07) is 7.24. The molecular weight excluding hydrogens is 332 g/mol. The Balaban J connectivity index is 1.83. The van der Waals surface area contributed by atoms with Crippen LogP contribution in [0.2, 0.25) is 0 Å². The molecule has 0 saturated carbocycles. The number of nitrogens with zero attached hydrogens (tertiary/aromatic N) is 2. The van der Waals surface area contributed by atoms with Crippen molar-refractivity contribution in [3.8, 4) is 5.75 Å². The third-order valence-corrected chi connectivity index (χ3v) is 5.39. The lowest BCUT2D eigenvalue weighted by atomic mass is 9.85. The molecule has 2 aliphatic heterocycles. The molecule has 0 bridgehead atoms. The van der Waals surface area contributed by atoms with Gasteiger partial charge in [-0.2, -0.15) is 0 Å². The minimum absolute atomic E-state index is 0.0765. The Morgan fingerprint density at radius 1 is 1.23 bits per heavy atom. The Bertz CT molecular complexity index is 663. The summed E-state index contributed by atoms with van der Waals surface area (Å²) in [5.41, 5.74) is -0.107. The number of piperidine rings is 1. The zero-order chi connectivity index (χ0) is 18.6. The Hall–Kier alpha value is -2.08. The second-order valence-corrected chi connectivity index (χ2v) is 6.94. The van der Waals surface area contributed by atoms with Crippen molar-refractivity contribution in [1.82, 2.24) is 9.80 Å². The normalized spacial score (nSPS) is 22.9. The second-order valence-electron chi connectivity index (χ2n) is 6.94. The zero-order valence-electron chi connectivity index (χ0n) is 15.7. The van der Waals surface area contributed by atoms with Crippen LogP contribution in [0.1, 0.15) is 43.0 Å². The lowest BCUT2D eigenvalue weighted by Gasteiger charge is -2.44. The average molecular weight is 360 g/mol. The molecule has 0 aliphatic carbocycles. The van der Waals surface area contributed by atoms with E-state index in [1.54, 1.807) is 24.1 Å². The van der Waals surface area contributed by atoms with Gasteiger partial charge in [-0.25, -0.2) is 0 Å². The maximum absolute atomic E-state index is 13.2. The Kier molecular flexibility index (Phi) is 5.81. The van der Waals surface area contributed by atoms with Crippen molar-refractivity contribution in [2.24, 2.45) is 0 Å². The number of carbonyl (C=O) groups excluding carboxylic acids is 2. The number of methoxy groups -OCH3 is 1. The number of carbonyl (C=O) groups is 2. The largest absolute Gasteiger partial charge is 0.494 e. The monoisotopic (exact) mass is 360 g/mol. The van der Waals surface area contributed by atoms with E-state index >= 15 is 0 Å². The smallest absolute Gasteiger partial charge is 0.254 e. The van der Waals surface area contributed by atoms with E-state index in [0.717, 1.165) is 32.2 Å². The van der Waals surface area contributed by atoms with Crippen LogP contribution in [-0.2, 0) is 9.53 Å². The van der Waals surface area contributed by atoms with Crippen molar-refractivity contribution >= 4 is 11.8 Å². The molecule has 0 aromatic heterocycles. The molecule has 2 aliphatic rings. The van der Waals surface area contributed by atoms with E-state index in [1.165, 1.54) is 0 Å². The molecule has 142 valence electrons. The third kappa shape index (κ3) is 3.43. The molecule has 2 fully saturated rings. The van der Waals surface area contributed by atoms with Gasteiger partial charge in [-0.1, -0.05) is 6.07 Å². The van der Waals surface area contributed by atoms with Gasteiger partial charge in [0, 0.05) is 32.3 Å². The van der Waals surface area contributed by atoms with E-state index in [-0.39, 0.29) is 11.8 Å². The number of hydrogen-bond donors (Lipinski definition) is 0. The predicted molar refractivity (Wildman–Crippen MR) is 98.3 cm³/mol. The number of rotatable bonds is 6. The maximum atomic E-state index is 13.2. The highest BCUT2D eigenvalue weighted by Crippen LogP contribution is 2.39. The Labute approximate surface area is 155 Å². The molecule has 6 heteroatoms. The van der Waals surface area contributed by atoms with Crippen molar-refractivity contribution in [2.45, 2.75) is 38.1 Å². The van der Waals surface area contributed by atoms with Crippen LogP contribution >= 0.6 is 0 Å². The molecule has 2 saturated heterocycles. The van der Waals surface area contributed by atoms with Gasteiger partial charge in [0.15, 0.2) is 0 Å². The highest BCUT2D eigenvalue weighted by molar-refractivity contribution is 6.00. The number of ether oxygens (including phenoxy) is 2. The van der Waals surface area contributed by atoms with Crippen molar-refractivity contribution in [1.29, 1.82) is 0 Å². The van der Waals surface area contributed by atoms with Gasteiger partial charge in [0.05, 0.1) is 13.2 Å². The fourth-order valence-corrected chi connectivity index (χ4v) is 4.18. The summed E-state index contributed by atoms with van der Waals surface area (Å²) < 4.78 is 10.7. The van der Waals surface area contributed by atoms with Gasteiger partial charge in [0.25, 0.3) is 5.91 Å². The summed E-state index contributed by atoms with van der Waals surface area (Å²) in [6.45, 7) is 4.94. The summed E-state index contributed by atoms with van der Waals surface area (Å²) in [4.78, 5) is 30.1.